The fourth-order valence-corrected chi connectivity index (χ4v) is 1.77. The molecule has 0 bridgehead atoms. The van der Waals surface area contributed by atoms with Crippen molar-refractivity contribution in [3.8, 4) is 0 Å². The Morgan fingerprint density at radius 3 is 2.56 bits per heavy atom. The number of halogens is 1. The zero-order valence-corrected chi connectivity index (χ0v) is 10.3. The van der Waals surface area contributed by atoms with Crippen LogP contribution < -0.4 is 5.32 Å². The van der Waals surface area contributed by atoms with Gasteiger partial charge in [-0.05, 0) is 24.6 Å². The van der Waals surface area contributed by atoms with Gasteiger partial charge in [-0.3, -0.25) is 4.79 Å². The maximum Gasteiger partial charge on any atom is 0.251 e. The summed E-state index contributed by atoms with van der Waals surface area (Å²) < 4.78 is 13.0. The molecule has 0 unspecified atom stereocenters. The van der Waals surface area contributed by atoms with Gasteiger partial charge < -0.3 is 15.5 Å². The third kappa shape index (κ3) is 3.51. The monoisotopic (exact) mass is 255 g/mol. The highest BCUT2D eigenvalue weighted by atomic mass is 19.1. The quantitative estimate of drug-likeness (QED) is 0.712. The molecule has 0 aliphatic rings. The third-order valence-corrected chi connectivity index (χ3v) is 2.80. The first-order valence-electron chi connectivity index (χ1n) is 5.86. The van der Waals surface area contributed by atoms with Crippen molar-refractivity contribution >= 4 is 5.91 Å². The van der Waals surface area contributed by atoms with E-state index >= 15 is 0 Å². The van der Waals surface area contributed by atoms with Gasteiger partial charge in [0.15, 0.2) is 0 Å². The second-order valence-electron chi connectivity index (χ2n) is 4.31. The molecule has 5 heteroatoms. The van der Waals surface area contributed by atoms with E-state index in [1.807, 2.05) is 6.92 Å². The fraction of sp³-hybridized carbons (Fsp3) is 0.462. The molecule has 0 radical (unpaired) electrons. The molecular weight excluding hydrogens is 237 g/mol. The Kier molecular flexibility index (Phi) is 5.25. The second-order valence-corrected chi connectivity index (χ2v) is 4.31. The Hall–Kier alpha value is -1.46. The Labute approximate surface area is 105 Å². The summed E-state index contributed by atoms with van der Waals surface area (Å²) in [6.45, 7) is 1.16. The minimum absolute atomic E-state index is 0.164. The largest absolute Gasteiger partial charge is 0.394 e. The molecule has 0 aliphatic carbocycles. The van der Waals surface area contributed by atoms with Crippen LogP contribution in [0.2, 0.25) is 0 Å². The zero-order valence-electron chi connectivity index (χ0n) is 10.3. The lowest BCUT2D eigenvalue weighted by Gasteiger charge is -2.30. The van der Waals surface area contributed by atoms with Crippen molar-refractivity contribution < 1.29 is 19.4 Å². The number of benzene rings is 1. The Bertz CT molecular complexity index is 405. The third-order valence-electron chi connectivity index (χ3n) is 2.80. The Morgan fingerprint density at radius 1 is 1.39 bits per heavy atom. The van der Waals surface area contributed by atoms with Gasteiger partial charge in [0.1, 0.15) is 5.82 Å². The first-order chi connectivity index (χ1) is 8.56. The predicted molar refractivity (Wildman–Crippen MR) is 65.7 cm³/mol. The van der Waals surface area contributed by atoms with Crippen LogP contribution in [0.25, 0.3) is 0 Å². The molecule has 1 amide bonds. The van der Waals surface area contributed by atoms with Crippen molar-refractivity contribution in [2.45, 2.75) is 25.3 Å². The molecule has 0 aromatic heterocycles. The Morgan fingerprint density at radius 2 is 2.06 bits per heavy atom. The predicted octanol–water partition coefficient (Wildman–Crippen LogP) is 1.08. The molecule has 1 aromatic rings. The number of nitrogens with one attached hydrogen (secondary N) is 1. The number of hydrogen-bond acceptors (Lipinski definition) is 3. The summed E-state index contributed by atoms with van der Waals surface area (Å²) in [5.41, 5.74) is -0.893. The Balaban J connectivity index is 2.84. The molecule has 1 rings (SSSR count). The van der Waals surface area contributed by atoms with Crippen LogP contribution in [0.5, 0.6) is 0 Å². The second kappa shape index (κ2) is 6.47. The maximum atomic E-state index is 13.0. The van der Waals surface area contributed by atoms with Gasteiger partial charge in [0.25, 0.3) is 5.91 Å². The van der Waals surface area contributed by atoms with Crippen molar-refractivity contribution in [3.63, 3.8) is 0 Å². The van der Waals surface area contributed by atoms with Gasteiger partial charge in [0.2, 0.25) is 0 Å². The standard InChI is InChI=1S/C13H18FNO3/c1-2-6-13(8-16,9-17)15-12(18)10-4-3-5-11(14)7-10/h3-5,7,16-17H,2,6,8-9H2,1H3,(H,15,18). The summed E-state index contributed by atoms with van der Waals surface area (Å²) in [5, 5.41) is 21.2. The SMILES string of the molecule is CCCC(CO)(CO)NC(=O)c1cccc(F)c1. The summed E-state index contributed by atoms with van der Waals surface area (Å²) in [5.74, 6) is -1.01. The zero-order chi connectivity index (χ0) is 13.6. The van der Waals surface area contributed by atoms with Crippen LogP contribution in [-0.4, -0.2) is 34.9 Å². The fourth-order valence-electron chi connectivity index (χ4n) is 1.77. The van der Waals surface area contributed by atoms with E-state index in [2.05, 4.69) is 5.32 Å². The number of amides is 1. The van der Waals surface area contributed by atoms with Crippen molar-refractivity contribution in [2.24, 2.45) is 0 Å². The number of aliphatic hydroxyl groups excluding tert-OH is 2. The first kappa shape index (κ1) is 14.6. The molecule has 0 saturated heterocycles. The van der Waals surface area contributed by atoms with Crippen molar-refractivity contribution in [2.75, 3.05) is 13.2 Å². The van der Waals surface area contributed by atoms with Gasteiger partial charge in [-0.25, -0.2) is 4.39 Å². The molecule has 0 aliphatic heterocycles. The smallest absolute Gasteiger partial charge is 0.251 e. The average Bonchev–Trinajstić information content (AvgIpc) is 2.38. The number of rotatable bonds is 6. The highest BCUT2D eigenvalue weighted by molar-refractivity contribution is 5.94. The highest BCUT2D eigenvalue weighted by Crippen LogP contribution is 2.13. The molecule has 0 spiro atoms. The van der Waals surface area contributed by atoms with Crippen LogP contribution in [-0.2, 0) is 0 Å². The highest BCUT2D eigenvalue weighted by Gasteiger charge is 2.30. The van der Waals surface area contributed by atoms with Crippen molar-refractivity contribution in [3.05, 3.63) is 35.6 Å². The van der Waals surface area contributed by atoms with E-state index in [4.69, 9.17) is 0 Å². The topological polar surface area (TPSA) is 69.6 Å². The van der Waals surface area contributed by atoms with Gasteiger partial charge in [-0.2, -0.15) is 0 Å². The van der Waals surface area contributed by atoms with Gasteiger partial charge >= 0.3 is 0 Å². The normalized spacial score (nSPS) is 11.3. The maximum absolute atomic E-state index is 13.0. The minimum atomic E-state index is -1.06. The molecule has 0 atom stereocenters. The molecule has 100 valence electrons. The first-order valence-corrected chi connectivity index (χ1v) is 5.86. The number of carbonyl (C=O) groups excluding carboxylic acids is 1. The minimum Gasteiger partial charge on any atom is -0.394 e. The molecule has 18 heavy (non-hydrogen) atoms. The average molecular weight is 255 g/mol. The number of hydrogen-bond donors (Lipinski definition) is 3. The lowest BCUT2D eigenvalue weighted by molar-refractivity contribution is 0.0632. The van der Waals surface area contributed by atoms with Crippen LogP contribution in [0, 0.1) is 5.82 Å². The summed E-state index contributed by atoms with van der Waals surface area (Å²) in [7, 11) is 0. The van der Waals surface area contributed by atoms with E-state index < -0.39 is 17.3 Å². The van der Waals surface area contributed by atoms with Crippen LogP contribution >= 0.6 is 0 Å². The summed E-state index contributed by atoms with van der Waals surface area (Å²) in [4.78, 5) is 11.9. The molecule has 1 aromatic carbocycles. The van der Waals surface area contributed by atoms with Gasteiger partial charge in [-0.1, -0.05) is 19.4 Å². The van der Waals surface area contributed by atoms with Crippen LogP contribution in [0.15, 0.2) is 24.3 Å². The number of carbonyl (C=O) groups is 1. The summed E-state index contributed by atoms with van der Waals surface area (Å²) >= 11 is 0. The van der Waals surface area contributed by atoms with Gasteiger partial charge in [-0.15, -0.1) is 0 Å². The van der Waals surface area contributed by atoms with Crippen molar-refractivity contribution in [1.82, 2.24) is 5.32 Å². The number of aliphatic hydroxyl groups is 2. The lowest BCUT2D eigenvalue weighted by atomic mass is 9.95. The van der Waals surface area contributed by atoms with Crippen LogP contribution in [0.1, 0.15) is 30.1 Å². The van der Waals surface area contributed by atoms with Crippen molar-refractivity contribution in [1.29, 1.82) is 0 Å². The molecular formula is C13H18FNO3. The van der Waals surface area contributed by atoms with E-state index in [9.17, 15) is 19.4 Å². The summed E-state index contributed by atoms with van der Waals surface area (Å²) in [6, 6.07) is 5.27. The van der Waals surface area contributed by atoms with Crippen LogP contribution in [0.4, 0.5) is 4.39 Å². The molecule has 3 N–H and O–H groups in total. The van der Waals surface area contributed by atoms with Gasteiger partial charge in [0, 0.05) is 5.56 Å². The molecule has 0 heterocycles. The molecule has 0 fully saturated rings. The van der Waals surface area contributed by atoms with E-state index in [1.54, 1.807) is 0 Å². The van der Waals surface area contributed by atoms with E-state index in [1.165, 1.54) is 18.2 Å². The molecule has 4 nitrogen and oxygen atoms in total. The van der Waals surface area contributed by atoms with Crippen LogP contribution in [0.3, 0.4) is 0 Å². The van der Waals surface area contributed by atoms with E-state index in [-0.39, 0.29) is 18.8 Å². The lowest BCUT2D eigenvalue weighted by Crippen LogP contribution is -2.54. The van der Waals surface area contributed by atoms with E-state index in [0.29, 0.717) is 12.8 Å². The summed E-state index contributed by atoms with van der Waals surface area (Å²) in [6.07, 6.45) is 1.14. The molecule has 0 saturated carbocycles. The van der Waals surface area contributed by atoms with E-state index in [0.717, 1.165) is 6.07 Å². The van der Waals surface area contributed by atoms with Gasteiger partial charge in [0.05, 0.1) is 18.8 Å².